The molecule has 1 amide bonds. The molecule has 4 heteroatoms. The highest BCUT2D eigenvalue weighted by molar-refractivity contribution is 5.91. The third-order valence-electron chi connectivity index (χ3n) is 3.49. The number of benzene rings is 1. The van der Waals surface area contributed by atoms with E-state index in [4.69, 9.17) is 0 Å². The monoisotopic (exact) mass is 267 g/mol. The maximum Gasteiger partial charge on any atom is 0.272 e. The van der Waals surface area contributed by atoms with E-state index in [1.165, 1.54) is 18.4 Å². The van der Waals surface area contributed by atoms with Crippen LogP contribution in [0.25, 0.3) is 0 Å². The zero-order valence-electron chi connectivity index (χ0n) is 11.5. The molecule has 102 valence electrons. The summed E-state index contributed by atoms with van der Waals surface area (Å²) in [7, 11) is 0. The fraction of sp³-hybridized carbons (Fsp3) is 0.312. The minimum atomic E-state index is -0.180. The van der Waals surface area contributed by atoms with E-state index in [0.717, 1.165) is 11.3 Å². The molecule has 3 rings (SSSR count). The van der Waals surface area contributed by atoms with E-state index in [2.05, 4.69) is 15.5 Å². The Morgan fingerprint density at radius 1 is 1.15 bits per heavy atom. The topological polar surface area (TPSA) is 54.9 Å². The number of carbonyl (C=O) groups excluding carboxylic acids is 1. The molecule has 1 saturated carbocycles. The Labute approximate surface area is 118 Å². The number of carbonyl (C=O) groups is 1. The Bertz CT molecular complexity index is 601. The van der Waals surface area contributed by atoms with Gasteiger partial charge in [-0.05, 0) is 37.5 Å². The van der Waals surface area contributed by atoms with Crippen molar-refractivity contribution in [3.05, 3.63) is 58.9 Å². The lowest BCUT2D eigenvalue weighted by Gasteiger charge is -2.05. The molecule has 0 aliphatic heterocycles. The standard InChI is InChI=1S/C16H17N3O/c1-11-2-4-12(5-3-11)10-17-16(20)15-9-8-14(18-19-15)13-6-7-13/h2-5,8-9,13H,6-7,10H2,1H3,(H,17,20). The molecule has 1 aliphatic carbocycles. The Kier molecular flexibility index (Phi) is 3.46. The number of rotatable bonds is 4. The average Bonchev–Trinajstić information content (AvgIpc) is 3.31. The molecule has 0 saturated heterocycles. The Morgan fingerprint density at radius 2 is 1.90 bits per heavy atom. The smallest absolute Gasteiger partial charge is 0.272 e. The van der Waals surface area contributed by atoms with Crippen molar-refractivity contribution in [3.8, 4) is 0 Å². The first-order valence-electron chi connectivity index (χ1n) is 6.90. The highest BCUT2D eigenvalue weighted by Crippen LogP contribution is 2.38. The van der Waals surface area contributed by atoms with Gasteiger partial charge in [0, 0.05) is 12.5 Å². The van der Waals surface area contributed by atoms with Crippen molar-refractivity contribution in [3.63, 3.8) is 0 Å². The van der Waals surface area contributed by atoms with Crippen LogP contribution in [0.1, 0.15) is 46.1 Å². The zero-order chi connectivity index (χ0) is 13.9. The fourth-order valence-electron chi connectivity index (χ4n) is 2.04. The highest BCUT2D eigenvalue weighted by atomic mass is 16.1. The van der Waals surface area contributed by atoms with Gasteiger partial charge >= 0.3 is 0 Å². The third-order valence-corrected chi connectivity index (χ3v) is 3.49. The molecule has 1 fully saturated rings. The van der Waals surface area contributed by atoms with Crippen LogP contribution in [-0.2, 0) is 6.54 Å². The quantitative estimate of drug-likeness (QED) is 0.926. The number of nitrogens with one attached hydrogen (secondary N) is 1. The second-order valence-corrected chi connectivity index (χ2v) is 5.29. The predicted octanol–water partition coefficient (Wildman–Crippen LogP) is 2.59. The van der Waals surface area contributed by atoms with Crippen molar-refractivity contribution in [2.75, 3.05) is 0 Å². The molecule has 1 N–H and O–H groups in total. The van der Waals surface area contributed by atoms with Gasteiger partial charge in [0.05, 0.1) is 5.69 Å². The minimum Gasteiger partial charge on any atom is -0.347 e. The van der Waals surface area contributed by atoms with Crippen LogP contribution < -0.4 is 5.32 Å². The normalized spacial score (nSPS) is 14.1. The summed E-state index contributed by atoms with van der Waals surface area (Å²) in [6, 6.07) is 11.8. The summed E-state index contributed by atoms with van der Waals surface area (Å²) < 4.78 is 0. The Hall–Kier alpha value is -2.23. The van der Waals surface area contributed by atoms with Crippen LogP contribution in [0.15, 0.2) is 36.4 Å². The van der Waals surface area contributed by atoms with Gasteiger partial charge in [0.1, 0.15) is 0 Å². The van der Waals surface area contributed by atoms with Crippen molar-refractivity contribution in [1.82, 2.24) is 15.5 Å². The van der Waals surface area contributed by atoms with E-state index in [1.54, 1.807) is 6.07 Å². The first-order valence-corrected chi connectivity index (χ1v) is 6.90. The van der Waals surface area contributed by atoms with Gasteiger partial charge in [0.25, 0.3) is 5.91 Å². The van der Waals surface area contributed by atoms with E-state index < -0.39 is 0 Å². The van der Waals surface area contributed by atoms with Crippen LogP contribution in [0.4, 0.5) is 0 Å². The van der Waals surface area contributed by atoms with Gasteiger partial charge in [-0.15, -0.1) is 5.10 Å². The minimum absolute atomic E-state index is 0.180. The third kappa shape index (κ3) is 3.02. The van der Waals surface area contributed by atoms with E-state index >= 15 is 0 Å². The van der Waals surface area contributed by atoms with E-state index in [9.17, 15) is 4.79 Å². The lowest BCUT2D eigenvalue weighted by molar-refractivity contribution is 0.0945. The summed E-state index contributed by atoms with van der Waals surface area (Å²) in [6.45, 7) is 2.55. The molecule has 20 heavy (non-hydrogen) atoms. The summed E-state index contributed by atoms with van der Waals surface area (Å²) in [4.78, 5) is 12.0. The van der Waals surface area contributed by atoms with Crippen molar-refractivity contribution in [1.29, 1.82) is 0 Å². The molecule has 1 heterocycles. The van der Waals surface area contributed by atoms with Crippen LogP contribution >= 0.6 is 0 Å². The van der Waals surface area contributed by atoms with Gasteiger partial charge in [0.15, 0.2) is 5.69 Å². The fourth-order valence-corrected chi connectivity index (χ4v) is 2.04. The van der Waals surface area contributed by atoms with Crippen LogP contribution in [-0.4, -0.2) is 16.1 Å². The molecule has 0 unspecified atom stereocenters. The van der Waals surface area contributed by atoms with E-state index in [0.29, 0.717) is 18.2 Å². The van der Waals surface area contributed by atoms with Crippen molar-refractivity contribution < 1.29 is 4.79 Å². The van der Waals surface area contributed by atoms with Crippen molar-refractivity contribution >= 4 is 5.91 Å². The molecular formula is C16H17N3O. The molecule has 0 atom stereocenters. The maximum absolute atomic E-state index is 12.0. The summed E-state index contributed by atoms with van der Waals surface area (Å²) in [5.41, 5.74) is 3.66. The number of aromatic nitrogens is 2. The van der Waals surface area contributed by atoms with Gasteiger partial charge in [0.2, 0.25) is 0 Å². The predicted molar refractivity (Wildman–Crippen MR) is 76.4 cm³/mol. The molecule has 0 bridgehead atoms. The number of hydrogen-bond acceptors (Lipinski definition) is 3. The number of amides is 1. The molecular weight excluding hydrogens is 250 g/mol. The molecule has 2 aromatic rings. The maximum atomic E-state index is 12.0. The van der Waals surface area contributed by atoms with Gasteiger partial charge < -0.3 is 5.32 Å². The van der Waals surface area contributed by atoms with Crippen LogP contribution in [0, 0.1) is 6.92 Å². The highest BCUT2D eigenvalue weighted by Gasteiger charge is 2.25. The lowest BCUT2D eigenvalue weighted by atomic mass is 10.1. The summed E-state index contributed by atoms with van der Waals surface area (Å²) in [6.07, 6.45) is 2.38. The number of aryl methyl sites for hydroxylation is 1. The molecule has 1 aliphatic rings. The van der Waals surface area contributed by atoms with E-state index in [1.807, 2.05) is 37.3 Å². The van der Waals surface area contributed by atoms with Crippen molar-refractivity contribution in [2.45, 2.75) is 32.2 Å². The second-order valence-electron chi connectivity index (χ2n) is 5.29. The van der Waals surface area contributed by atoms with Crippen LogP contribution in [0.3, 0.4) is 0 Å². The van der Waals surface area contributed by atoms with Gasteiger partial charge in [-0.3, -0.25) is 4.79 Å². The van der Waals surface area contributed by atoms with Crippen LogP contribution in [0.5, 0.6) is 0 Å². The summed E-state index contributed by atoms with van der Waals surface area (Å²) in [5, 5.41) is 11.0. The SMILES string of the molecule is Cc1ccc(CNC(=O)c2ccc(C3CC3)nn2)cc1. The number of nitrogens with zero attached hydrogens (tertiary/aromatic N) is 2. The van der Waals surface area contributed by atoms with Gasteiger partial charge in [-0.1, -0.05) is 29.8 Å². The molecule has 0 radical (unpaired) electrons. The van der Waals surface area contributed by atoms with Gasteiger partial charge in [-0.25, -0.2) is 0 Å². The molecule has 1 aromatic carbocycles. The van der Waals surface area contributed by atoms with Crippen LogP contribution in [0.2, 0.25) is 0 Å². The summed E-state index contributed by atoms with van der Waals surface area (Å²) in [5.74, 6) is 0.382. The average molecular weight is 267 g/mol. The number of hydrogen-bond donors (Lipinski definition) is 1. The molecule has 0 spiro atoms. The lowest BCUT2D eigenvalue weighted by Crippen LogP contribution is -2.24. The first kappa shape index (κ1) is 12.8. The van der Waals surface area contributed by atoms with Gasteiger partial charge in [-0.2, -0.15) is 5.10 Å². The largest absolute Gasteiger partial charge is 0.347 e. The van der Waals surface area contributed by atoms with E-state index in [-0.39, 0.29) is 5.91 Å². The molecule has 1 aromatic heterocycles. The Morgan fingerprint density at radius 3 is 2.50 bits per heavy atom. The Balaban J connectivity index is 1.59. The summed E-state index contributed by atoms with van der Waals surface area (Å²) >= 11 is 0. The first-order chi connectivity index (χ1) is 9.72. The van der Waals surface area contributed by atoms with Crippen molar-refractivity contribution in [2.24, 2.45) is 0 Å². The molecule has 4 nitrogen and oxygen atoms in total. The second kappa shape index (κ2) is 5.41. The zero-order valence-corrected chi connectivity index (χ0v) is 11.5.